The second kappa shape index (κ2) is 5.75. The standard InChI is InChI=1S/C14H17N5O/c1-10-2-3-12(20-10)14-11(9-18-19-14)8-15-5-4-13-16-6-7-17-13/h2-3,6-7,9,15H,4-5,8H2,1H3,(H,16,17)(H,18,19). The van der Waals surface area contributed by atoms with Gasteiger partial charge >= 0.3 is 0 Å². The Morgan fingerprint density at radius 1 is 1.35 bits per heavy atom. The Morgan fingerprint density at radius 3 is 3.05 bits per heavy atom. The van der Waals surface area contributed by atoms with Gasteiger partial charge in [0.1, 0.15) is 17.3 Å². The van der Waals surface area contributed by atoms with Gasteiger partial charge in [0.2, 0.25) is 0 Å². The van der Waals surface area contributed by atoms with Gasteiger partial charge in [-0.1, -0.05) is 0 Å². The first-order valence-corrected chi connectivity index (χ1v) is 6.61. The molecule has 0 radical (unpaired) electrons. The van der Waals surface area contributed by atoms with E-state index in [9.17, 15) is 0 Å². The number of H-pyrrole nitrogens is 2. The van der Waals surface area contributed by atoms with Crippen LogP contribution in [-0.4, -0.2) is 26.7 Å². The molecule has 0 aromatic carbocycles. The van der Waals surface area contributed by atoms with Crippen LogP contribution in [0.2, 0.25) is 0 Å². The fourth-order valence-electron chi connectivity index (χ4n) is 2.09. The maximum atomic E-state index is 5.62. The lowest BCUT2D eigenvalue weighted by molar-refractivity contribution is 0.545. The third-order valence-corrected chi connectivity index (χ3v) is 3.11. The maximum Gasteiger partial charge on any atom is 0.152 e. The lowest BCUT2D eigenvalue weighted by atomic mass is 10.2. The maximum absolute atomic E-state index is 5.62. The van der Waals surface area contributed by atoms with E-state index in [0.29, 0.717) is 0 Å². The first-order valence-electron chi connectivity index (χ1n) is 6.61. The van der Waals surface area contributed by atoms with Crippen LogP contribution in [-0.2, 0) is 13.0 Å². The Morgan fingerprint density at radius 2 is 2.30 bits per heavy atom. The molecule has 0 spiro atoms. The van der Waals surface area contributed by atoms with E-state index in [1.807, 2.05) is 31.5 Å². The van der Waals surface area contributed by atoms with Crippen molar-refractivity contribution in [3.05, 3.63) is 47.9 Å². The second-order valence-electron chi connectivity index (χ2n) is 4.64. The van der Waals surface area contributed by atoms with Gasteiger partial charge in [-0.2, -0.15) is 5.10 Å². The number of aromatic amines is 2. The van der Waals surface area contributed by atoms with Crippen LogP contribution in [0.5, 0.6) is 0 Å². The van der Waals surface area contributed by atoms with Gasteiger partial charge in [-0.25, -0.2) is 4.98 Å². The molecule has 0 fully saturated rings. The topological polar surface area (TPSA) is 82.5 Å². The number of furan rings is 1. The van der Waals surface area contributed by atoms with Crippen molar-refractivity contribution in [2.75, 3.05) is 6.54 Å². The molecule has 0 bridgehead atoms. The number of aryl methyl sites for hydroxylation is 1. The average Bonchev–Trinajstić information content (AvgIpc) is 3.16. The van der Waals surface area contributed by atoms with E-state index in [1.165, 1.54) is 0 Å². The predicted molar refractivity (Wildman–Crippen MR) is 75.0 cm³/mol. The van der Waals surface area contributed by atoms with E-state index in [4.69, 9.17) is 4.42 Å². The number of nitrogens with zero attached hydrogens (tertiary/aromatic N) is 2. The molecule has 0 aliphatic heterocycles. The summed E-state index contributed by atoms with van der Waals surface area (Å²) in [7, 11) is 0. The van der Waals surface area contributed by atoms with Gasteiger partial charge in [0.05, 0.1) is 6.20 Å². The van der Waals surface area contributed by atoms with E-state index in [0.717, 1.165) is 48.1 Å². The molecule has 3 heterocycles. The molecule has 0 unspecified atom stereocenters. The molecule has 0 atom stereocenters. The normalized spacial score (nSPS) is 11.1. The van der Waals surface area contributed by atoms with Crippen molar-refractivity contribution in [3.63, 3.8) is 0 Å². The Labute approximate surface area is 116 Å². The first kappa shape index (κ1) is 12.7. The Bertz CT molecular complexity index is 653. The zero-order chi connectivity index (χ0) is 13.8. The summed E-state index contributed by atoms with van der Waals surface area (Å²) in [5.74, 6) is 2.71. The number of aromatic nitrogens is 4. The summed E-state index contributed by atoms with van der Waals surface area (Å²) in [6, 6.07) is 3.90. The van der Waals surface area contributed by atoms with Crippen molar-refractivity contribution in [2.45, 2.75) is 19.9 Å². The highest BCUT2D eigenvalue weighted by Crippen LogP contribution is 2.23. The molecule has 3 rings (SSSR count). The lowest BCUT2D eigenvalue weighted by Crippen LogP contribution is -2.17. The monoisotopic (exact) mass is 271 g/mol. The number of rotatable bonds is 6. The van der Waals surface area contributed by atoms with E-state index >= 15 is 0 Å². The minimum Gasteiger partial charge on any atom is -0.460 e. The van der Waals surface area contributed by atoms with Crippen LogP contribution in [0.1, 0.15) is 17.1 Å². The van der Waals surface area contributed by atoms with Crippen LogP contribution >= 0.6 is 0 Å². The summed E-state index contributed by atoms with van der Waals surface area (Å²) < 4.78 is 5.62. The Balaban J connectivity index is 1.57. The minimum absolute atomic E-state index is 0.742. The van der Waals surface area contributed by atoms with E-state index in [-0.39, 0.29) is 0 Å². The summed E-state index contributed by atoms with van der Waals surface area (Å²) >= 11 is 0. The minimum atomic E-state index is 0.742. The molecule has 0 amide bonds. The third-order valence-electron chi connectivity index (χ3n) is 3.11. The van der Waals surface area contributed by atoms with Crippen molar-refractivity contribution in [2.24, 2.45) is 0 Å². The van der Waals surface area contributed by atoms with Crippen molar-refractivity contribution in [3.8, 4) is 11.5 Å². The smallest absolute Gasteiger partial charge is 0.152 e. The molecule has 3 aromatic heterocycles. The molecule has 3 N–H and O–H groups in total. The van der Waals surface area contributed by atoms with Crippen LogP contribution in [0, 0.1) is 6.92 Å². The van der Waals surface area contributed by atoms with Crippen LogP contribution in [0.4, 0.5) is 0 Å². The highest BCUT2D eigenvalue weighted by Gasteiger charge is 2.10. The van der Waals surface area contributed by atoms with E-state index in [1.54, 1.807) is 6.20 Å². The van der Waals surface area contributed by atoms with Gasteiger partial charge in [-0.3, -0.25) is 5.10 Å². The number of imidazole rings is 1. The molecule has 0 aliphatic carbocycles. The summed E-state index contributed by atoms with van der Waals surface area (Å²) in [6.07, 6.45) is 6.30. The highest BCUT2D eigenvalue weighted by atomic mass is 16.3. The van der Waals surface area contributed by atoms with Crippen molar-refractivity contribution >= 4 is 0 Å². The summed E-state index contributed by atoms with van der Waals surface area (Å²) in [6.45, 7) is 3.53. The summed E-state index contributed by atoms with van der Waals surface area (Å²) in [5.41, 5.74) is 2.03. The summed E-state index contributed by atoms with van der Waals surface area (Å²) in [4.78, 5) is 7.28. The predicted octanol–water partition coefficient (Wildman–Crippen LogP) is 2.03. The second-order valence-corrected chi connectivity index (χ2v) is 4.64. The van der Waals surface area contributed by atoms with Gasteiger partial charge in [0.15, 0.2) is 5.76 Å². The van der Waals surface area contributed by atoms with Crippen LogP contribution in [0.25, 0.3) is 11.5 Å². The number of hydrogen-bond donors (Lipinski definition) is 3. The van der Waals surface area contributed by atoms with Crippen molar-refractivity contribution in [1.29, 1.82) is 0 Å². The van der Waals surface area contributed by atoms with Gasteiger partial charge in [0, 0.05) is 37.5 Å². The molecule has 6 heteroatoms. The molecule has 0 saturated carbocycles. The Hall–Kier alpha value is -2.34. The third kappa shape index (κ3) is 2.80. The average molecular weight is 271 g/mol. The van der Waals surface area contributed by atoms with Crippen LogP contribution < -0.4 is 5.32 Å². The zero-order valence-corrected chi connectivity index (χ0v) is 11.3. The molecular weight excluding hydrogens is 254 g/mol. The molecule has 3 aromatic rings. The quantitative estimate of drug-likeness (QED) is 0.599. The molecule has 20 heavy (non-hydrogen) atoms. The summed E-state index contributed by atoms with van der Waals surface area (Å²) in [5, 5.41) is 10.5. The Kier molecular flexibility index (Phi) is 3.64. The number of hydrogen-bond acceptors (Lipinski definition) is 4. The molecule has 0 saturated heterocycles. The molecule has 104 valence electrons. The van der Waals surface area contributed by atoms with Crippen molar-refractivity contribution < 1.29 is 4.42 Å². The van der Waals surface area contributed by atoms with Crippen molar-refractivity contribution in [1.82, 2.24) is 25.5 Å². The fourth-order valence-corrected chi connectivity index (χ4v) is 2.09. The van der Waals surface area contributed by atoms with Gasteiger partial charge in [-0.05, 0) is 19.1 Å². The SMILES string of the molecule is Cc1ccc(-c2[nH]ncc2CNCCc2ncc[nH]2)o1. The van der Waals surface area contributed by atoms with Gasteiger partial charge in [-0.15, -0.1) is 0 Å². The highest BCUT2D eigenvalue weighted by molar-refractivity contribution is 5.56. The van der Waals surface area contributed by atoms with E-state index < -0.39 is 0 Å². The fraction of sp³-hybridized carbons (Fsp3) is 0.286. The lowest BCUT2D eigenvalue weighted by Gasteiger charge is -2.03. The first-order chi connectivity index (χ1) is 9.83. The van der Waals surface area contributed by atoms with Gasteiger partial charge in [0.25, 0.3) is 0 Å². The molecular formula is C14H17N5O. The molecule has 0 aliphatic rings. The number of nitrogens with one attached hydrogen (secondary N) is 3. The molecule has 6 nitrogen and oxygen atoms in total. The largest absolute Gasteiger partial charge is 0.460 e. The van der Waals surface area contributed by atoms with Gasteiger partial charge < -0.3 is 14.7 Å². The van der Waals surface area contributed by atoms with E-state index in [2.05, 4.69) is 25.5 Å². The zero-order valence-electron chi connectivity index (χ0n) is 11.3. The van der Waals surface area contributed by atoms with Crippen LogP contribution in [0.15, 0.2) is 35.1 Å². The van der Waals surface area contributed by atoms with Crippen LogP contribution in [0.3, 0.4) is 0 Å².